The van der Waals surface area contributed by atoms with Crippen molar-refractivity contribution >= 4 is 32.3 Å². The number of pyridine rings is 1. The topological polar surface area (TPSA) is 44.9 Å². The number of aromatic nitrogens is 1. The van der Waals surface area contributed by atoms with Crippen LogP contribution >= 0.6 is 11.3 Å². The summed E-state index contributed by atoms with van der Waals surface area (Å²) >= 11 is 1.51. The number of H-pyrrole nitrogens is 1. The first kappa shape index (κ1) is 14.2. The molecule has 4 rings (SSSR count). The summed E-state index contributed by atoms with van der Waals surface area (Å²) < 4.78 is 0.790. The number of benzene rings is 2. The Morgan fingerprint density at radius 2 is 1.87 bits per heavy atom. The predicted molar refractivity (Wildman–Crippen MR) is 98.2 cm³/mol. The average Bonchev–Trinajstić information content (AvgIpc) is 3.02. The van der Waals surface area contributed by atoms with Gasteiger partial charge < -0.3 is 10.3 Å². The van der Waals surface area contributed by atoms with Crippen LogP contribution in [0.15, 0.2) is 58.7 Å². The molecule has 2 aromatic carbocycles. The summed E-state index contributed by atoms with van der Waals surface area (Å²) in [6.07, 6.45) is 0. The van der Waals surface area contributed by atoms with Crippen LogP contribution in [-0.4, -0.2) is 12.0 Å². The summed E-state index contributed by atoms with van der Waals surface area (Å²) in [5.74, 6) is 0. The van der Waals surface area contributed by atoms with Gasteiger partial charge in [-0.05, 0) is 24.2 Å². The first-order valence-electron chi connectivity index (χ1n) is 7.54. The van der Waals surface area contributed by atoms with Crippen LogP contribution in [-0.2, 0) is 6.54 Å². The van der Waals surface area contributed by atoms with Gasteiger partial charge in [0, 0.05) is 33.8 Å². The van der Waals surface area contributed by atoms with Crippen molar-refractivity contribution in [1.29, 1.82) is 0 Å². The van der Waals surface area contributed by atoms with E-state index in [0.29, 0.717) is 0 Å². The van der Waals surface area contributed by atoms with Crippen LogP contribution in [0, 0.1) is 0 Å². The van der Waals surface area contributed by atoms with Gasteiger partial charge in [-0.2, -0.15) is 0 Å². The number of aromatic amines is 1. The van der Waals surface area contributed by atoms with E-state index in [4.69, 9.17) is 0 Å². The van der Waals surface area contributed by atoms with Gasteiger partial charge in [0.25, 0.3) is 5.56 Å². The van der Waals surface area contributed by atoms with Crippen molar-refractivity contribution in [3.63, 3.8) is 0 Å². The minimum Gasteiger partial charge on any atom is -0.321 e. The van der Waals surface area contributed by atoms with Gasteiger partial charge >= 0.3 is 0 Å². The largest absolute Gasteiger partial charge is 0.321 e. The van der Waals surface area contributed by atoms with E-state index in [1.165, 1.54) is 16.9 Å². The van der Waals surface area contributed by atoms with Crippen molar-refractivity contribution in [2.45, 2.75) is 6.54 Å². The van der Waals surface area contributed by atoms with Crippen molar-refractivity contribution in [3.8, 4) is 11.1 Å². The summed E-state index contributed by atoms with van der Waals surface area (Å²) in [6, 6.07) is 16.5. The third kappa shape index (κ3) is 2.36. The quantitative estimate of drug-likeness (QED) is 0.596. The molecule has 0 saturated carbocycles. The molecule has 0 bridgehead atoms. The number of rotatable bonds is 3. The van der Waals surface area contributed by atoms with E-state index in [1.54, 1.807) is 0 Å². The molecule has 2 aromatic heterocycles. The van der Waals surface area contributed by atoms with Gasteiger partial charge in [0.2, 0.25) is 0 Å². The van der Waals surface area contributed by atoms with Gasteiger partial charge in [0.05, 0.1) is 0 Å². The lowest BCUT2D eigenvalue weighted by Gasteiger charge is -2.05. The SMILES string of the molecule is CNCc1ccc(-c2csc3c(=O)[nH]c4ccccc4c23)cc1. The highest BCUT2D eigenvalue weighted by Crippen LogP contribution is 2.36. The van der Waals surface area contributed by atoms with Gasteiger partial charge in [-0.1, -0.05) is 42.5 Å². The van der Waals surface area contributed by atoms with E-state index in [-0.39, 0.29) is 5.56 Å². The molecule has 0 spiro atoms. The molecule has 4 aromatic rings. The molecule has 0 aliphatic rings. The third-order valence-electron chi connectivity index (χ3n) is 4.09. The lowest BCUT2D eigenvalue weighted by molar-refractivity contribution is 0.818. The molecule has 0 unspecified atom stereocenters. The maximum atomic E-state index is 12.3. The molecule has 114 valence electrons. The minimum absolute atomic E-state index is 0.0123. The summed E-state index contributed by atoms with van der Waals surface area (Å²) in [6.45, 7) is 0.854. The van der Waals surface area contributed by atoms with E-state index < -0.39 is 0 Å². The number of hydrogen-bond acceptors (Lipinski definition) is 3. The highest BCUT2D eigenvalue weighted by molar-refractivity contribution is 7.17. The molecule has 0 aliphatic heterocycles. The van der Waals surface area contributed by atoms with Crippen molar-refractivity contribution in [2.75, 3.05) is 7.05 Å². The van der Waals surface area contributed by atoms with Crippen LogP contribution in [0.2, 0.25) is 0 Å². The number of hydrogen-bond donors (Lipinski definition) is 2. The number of para-hydroxylation sites is 1. The zero-order chi connectivity index (χ0) is 15.8. The van der Waals surface area contributed by atoms with E-state index in [0.717, 1.165) is 38.7 Å². The van der Waals surface area contributed by atoms with Crippen LogP contribution in [0.4, 0.5) is 0 Å². The molecular weight excluding hydrogens is 304 g/mol. The molecule has 0 radical (unpaired) electrons. The van der Waals surface area contributed by atoms with Gasteiger partial charge in [-0.15, -0.1) is 11.3 Å². The van der Waals surface area contributed by atoms with Crippen LogP contribution in [0.1, 0.15) is 5.56 Å². The first-order chi connectivity index (χ1) is 11.3. The fraction of sp³-hybridized carbons (Fsp3) is 0.105. The van der Waals surface area contributed by atoms with E-state index in [9.17, 15) is 4.79 Å². The van der Waals surface area contributed by atoms with E-state index >= 15 is 0 Å². The van der Waals surface area contributed by atoms with Crippen molar-refractivity contribution in [2.24, 2.45) is 0 Å². The Kier molecular flexibility index (Phi) is 3.48. The molecule has 23 heavy (non-hydrogen) atoms. The minimum atomic E-state index is -0.0123. The Bertz CT molecular complexity index is 1040. The fourth-order valence-electron chi connectivity index (χ4n) is 3.00. The van der Waals surface area contributed by atoms with Crippen LogP contribution in [0.3, 0.4) is 0 Å². The molecule has 3 nitrogen and oxygen atoms in total. The van der Waals surface area contributed by atoms with Gasteiger partial charge in [0.15, 0.2) is 0 Å². The van der Waals surface area contributed by atoms with Crippen LogP contribution < -0.4 is 10.9 Å². The van der Waals surface area contributed by atoms with E-state index in [2.05, 4.69) is 46.0 Å². The van der Waals surface area contributed by atoms with E-state index in [1.807, 2.05) is 25.2 Å². The Morgan fingerprint density at radius 1 is 1.09 bits per heavy atom. The average molecular weight is 320 g/mol. The normalized spacial score (nSPS) is 11.3. The third-order valence-corrected chi connectivity index (χ3v) is 5.07. The molecule has 2 N–H and O–H groups in total. The number of fused-ring (bicyclic) bond motifs is 3. The highest BCUT2D eigenvalue weighted by atomic mass is 32.1. The molecule has 0 atom stereocenters. The Morgan fingerprint density at radius 3 is 2.65 bits per heavy atom. The number of thiophene rings is 1. The Labute approximate surface area is 137 Å². The molecular formula is C19H16N2OS. The maximum Gasteiger partial charge on any atom is 0.266 e. The molecule has 0 aliphatic carbocycles. The lowest BCUT2D eigenvalue weighted by atomic mass is 10.0. The summed E-state index contributed by atoms with van der Waals surface area (Å²) in [5.41, 5.74) is 4.40. The second kappa shape index (κ2) is 5.65. The smallest absolute Gasteiger partial charge is 0.266 e. The molecule has 0 saturated heterocycles. The lowest BCUT2D eigenvalue weighted by Crippen LogP contribution is -2.04. The van der Waals surface area contributed by atoms with Gasteiger partial charge in [-0.25, -0.2) is 0 Å². The number of nitrogens with one attached hydrogen (secondary N) is 2. The molecule has 0 amide bonds. The summed E-state index contributed by atoms with van der Waals surface area (Å²) in [7, 11) is 1.94. The van der Waals surface area contributed by atoms with Crippen LogP contribution in [0.25, 0.3) is 32.1 Å². The predicted octanol–water partition coefficient (Wildman–Crippen LogP) is 4.13. The van der Waals surface area contributed by atoms with Crippen molar-refractivity contribution in [3.05, 3.63) is 69.8 Å². The van der Waals surface area contributed by atoms with Crippen LogP contribution in [0.5, 0.6) is 0 Å². The molecule has 2 heterocycles. The zero-order valence-corrected chi connectivity index (χ0v) is 13.5. The molecule has 0 fully saturated rings. The Hall–Kier alpha value is -2.43. The van der Waals surface area contributed by atoms with Crippen molar-refractivity contribution in [1.82, 2.24) is 10.3 Å². The maximum absolute atomic E-state index is 12.3. The monoisotopic (exact) mass is 320 g/mol. The van der Waals surface area contributed by atoms with Crippen molar-refractivity contribution < 1.29 is 0 Å². The van der Waals surface area contributed by atoms with Gasteiger partial charge in [-0.3, -0.25) is 4.79 Å². The second-order valence-electron chi connectivity index (χ2n) is 5.58. The fourth-order valence-corrected chi connectivity index (χ4v) is 3.99. The standard InChI is InChI=1S/C19H16N2OS/c1-20-10-12-6-8-13(9-7-12)15-11-23-18-17(15)14-4-2-3-5-16(14)21-19(18)22/h2-9,11,20H,10H2,1H3,(H,21,22). The second-order valence-corrected chi connectivity index (χ2v) is 6.46. The highest BCUT2D eigenvalue weighted by Gasteiger charge is 2.13. The van der Waals surface area contributed by atoms with Gasteiger partial charge in [0.1, 0.15) is 4.70 Å². The molecule has 4 heteroatoms. The first-order valence-corrected chi connectivity index (χ1v) is 8.42. The summed E-state index contributed by atoms with van der Waals surface area (Å²) in [5, 5.41) is 7.39. The summed E-state index contributed by atoms with van der Waals surface area (Å²) in [4.78, 5) is 15.3. The Balaban J connectivity index is 1.98. The zero-order valence-electron chi connectivity index (χ0n) is 12.7.